The highest BCUT2D eigenvalue weighted by Gasteiger charge is 2.20. The number of benzene rings is 1. The molecule has 2 amide bonds. The van der Waals surface area contributed by atoms with Gasteiger partial charge in [-0.2, -0.15) is 0 Å². The van der Waals surface area contributed by atoms with Gasteiger partial charge >= 0.3 is 0 Å². The molecule has 1 unspecified atom stereocenters. The van der Waals surface area contributed by atoms with E-state index in [0.29, 0.717) is 36.0 Å². The first kappa shape index (κ1) is 20.5. The average molecular weight is 400 g/mol. The quantitative estimate of drug-likeness (QED) is 0.660. The average Bonchev–Trinajstić information content (AvgIpc) is 3.45. The van der Waals surface area contributed by atoms with Crippen LogP contribution in [0.5, 0.6) is 11.5 Å². The summed E-state index contributed by atoms with van der Waals surface area (Å²) in [5.74, 6) is 0.478. The molecule has 1 aliphatic rings. The fourth-order valence-electron chi connectivity index (χ4n) is 2.95. The second-order valence-electron chi connectivity index (χ2n) is 6.44. The number of methoxy groups -OCH3 is 2. The van der Waals surface area contributed by atoms with Crippen molar-refractivity contribution in [2.75, 3.05) is 27.4 Å². The Morgan fingerprint density at radius 3 is 2.69 bits per heavy atom. The predicted octanol–water partition coefficient (Wildman–Crippen LogP) is 2.36. The lowest BCUT2D eigenvalue weighted by atomic mass is 10.1. The lowest BCUT2D eigenvalue weighted by Crippen LogP contribution is -2.38. The fourth-order valence-corrected chi connectivity index (χ4v) is 2.95. The molecule has 1 aromatic carbocycles. The third-order valence-corrected chi connectivity index (χ3v) is 4.48. The number of nitrogens with one attached hydrogen (secondary N) is 2. The van der Waals surface area contributed by atoms with E-state index in [-0.39, 0.29) is 11.8 Å². The molecule has 2 aromatic rings. The minimum atomic E-state index is -0.462. The van der Waals surface area contributed by atoms with Gasteiger partial charge in [0.1, 0.15) is 11.5 Å². The molecule has 1 aromatic heterocycles. The molecular formula is C21H24N2O6. The van der Waals surface area contributed by atoms with E-state index in [1.807, 2.05) is 0 Å². The van der Waals surface area contributed by atoms with Gasteiger partial charge in [0.25, 0.3) is 11.8 Å². The van der Waals surface area contributed by atoms with E-state index in [1.54, 1.807) is 30.3 Å². The van der Waals surface area contributed by atoms with Crippen LogP contribution in [0.2, 0.25) is 0 Å². The number of hydrogen-bond donors (Lipinski definition) is 2. The van der Waals surface area contributed by atoms with Gasteiger partial charge in [0.05, 0.1) is 26.6 Å². The summed E-state index contributed by atoms with van der Waals surface area (Å²) in [4.78, 5) is 25.4. The Morgan fingerprint density at radius 2 is 2.03 bits per heavy atom. The molecule has 8 nitrogen and oxygen atoms in total. The van der Waals surface area contributed by atoms with Gasteiger partial charge < -0.3 is 29.3 Å². The number of carbonyl (C=O) groups excluding carboxylic acids is 2. The molecule has 1 fully saturated rings. The summed E-state index contributed by atoms with van der Waals surface area (Å²) < 4.78 is 21.2. The molecule has 2 heterocycles. The maximum absolute atomic E-state index is 12.7. The zero-order valence-corrected chi connectivity index (χ0v) is 16.4. The van der Waals surface area contributed by atoms with Gasteiger partial charge in [-0.3, -0.25) is 9.59 Å². The molecule has 0 saturated carbocycles. The van der Waals surface area contributed by atoms with E-state index in [9.17, 15) is 9.59 Å². The molecule has 1 aliphatic heterocycles. The Hall–Kier alpha value is -3.26. The minimum Gasteiger partial charge on any atom is -0.493 e. The summed E-state index contributed by atoms with van der Waals surface area (Å²) in [6, 6.07) is 8.15. The molecule has 3 rings (SSSR count). The standard InChI is InChI=1S/C21H24N2O6/c1-26-18-8-7-14(11-19(18)27-2)20(24)23-17(12-15-5-3-9-28-15)21(25)22-13-16-6-4-10-29-16/h3,5,7-9,11-12,16H,4,6,10,13H2,1-2H3,(H,22,25)(H,23,24)/b17-12-. The van der Waals surface area contributed by atoms with Crippen molar-refractivity contribution < 1.29 is 28.2 Å². The van der Waals surface area contributed by atoms with E-state index in [4.69, 9.17) is 18.6 Å². The first-order valence-corrected chi connectivity index (χ1v) is 9.29. The Kier molecular flexibility index (Phi) is 6.91. The van der Waals surface area contributed by atoms with Crippen molar-refractivity contribution in [2.24, 2.45) is 0 Å². The molecule has 1 saturated heterocycles. The first-order chi connectivity index (χ1) is 14.1. The highest BCUT2D eigenvalue weighted by Crippen LogP contribution is 2.27. The smallest absolute Gasteiger partial charge is 0.268 e. The monoisotopic (exact) mass is 400 g/mol. The SMILES string of the molecule is COc1ccc(C(=O)N/C(=C\c2ccco2)C(=O)NCC2CCCO2)cc1OC. The third-order valence-electron chi connectivity index (χ3n) is 4.48. The van der Waals surface area contributed by atoms with Crippen LogP contribution in [0.4, 0.5) is 0 Å². The number of ether oxygens (including phenoxy) is 3. The van der Waals surface area contributed by atoms with Gasteiger partial charge in [0, 0.05) is 24.8 Å². The zero-order chi connectivity index (χ0) is 20.6. The maximum Gasteiger partial charge on any atom is 0.268 e. The molecule has 0 spiro atoms. The van der Waals surface area contributed by atoms with Crippen LogP contribution < -0.4 is 20.1 Å². The lowest BCUT2D eigenvalue weighted by molar-refractivity contribution is -0.118. The highest BCUT2D eigenvalue weighted by molar-refractivity contribution is 6.05. The topological polar surface area (TPSA) is 99.0 Å². The van der Waals surface area contributed by atoms with Gasteiger partial charge in [-0.25, -0.2) is 0 Å². The van der Waals surface area contributed by atoms with Gasteiger partial charge in [0.2, 0.25) is 0 Å². The molecule has 29 heavy (non-hydrogen) atoms. The molecular weight excluding hydrogens is 376 g/mol. The number of rotatable bonds is 8. The fraction of sp³-hybridized carbons (Fsp3) is 0.333. The van der Waals surface area contributed by atoms with Crippen molar-refractivity contribution >= 4 is 17.9 Å². The van der Waals surface area contributed by atoms with Crippen LogP contribution in [-0.4, -0.2) is 45.3 Å². The summed E-state index contributed by atoms with van der Waals surface area (Å²) in [6.07, 6.45) is 4.83. The van der Waals surface area contributed by atoms with E-state index in [2.05, 4.69) is 10.6 Å². The molecule has 2 N–H and O–H groups in total. The summed E-state index contributed by atoms with van der Waals surface area (Å²) >= 11 is 0. The van der Waals surface area contributed by atoms with Crippen molar-refractivity contribution in [3.05, 3.63) is 53.6 Å². The van der Waals surface area contributed by atoms with Crippen molar-refractivity contribution in [3.8, 4) is 11.5 Å². The van der Waals surface area contributed by atoms with Crippen LogP contribution in [0, 0.1) is 0 Å². The molecule has 0 bridgehead atoms. The highest BCUT2D eigenvalue weighted by atomic mass is 16.5. The van der Waals surface area contributed by atoms with Crippen LogP contribution in [0.1, 0.15) is 29.0 Å². The van der Waals surface area contributed by atoms with Crippen LogP contribution in [-0.2, 0) is 9.53 Å². The van der Waals surface area contributed by atoms with Crippen molar-refractivity contribution in [2.45, 2.75) is 18.9 Å². The second kappa shape index (κ2) is 9.79. The van der Waals surface area contributed by atoms with Gasteiger partial charge in [-0.15, -0.1) is 0 Å². The van der Waals surface area contributed by atoms with Crippen LogP contribution >= 0.6 is 0 Å². The lowest BCUT2D eigenvalue weighted by Gasteiger charge is -2.14. The zero-order valence-electron chi connectivity index (χ0n) is 16.4. The van der Waals surface area contributed by atoms with Crippen molar-refractivity contribution in [1.82, 2.24) is 10.6 Å². The molecule has 0 aliphatic carbocycles. The van der Waals surface area contributed by atoms with E-state index in [0.717, 1.165) is 12.8 Å². The molecule has 0 radical (unpaired) electrons. The van der Waals surface area contributed by atoms with Gasteiger partial charge in [0.15, 0.2) is 11.5 Å². The number of furan rings is 1. The van der Waals surface area contributed by atoms with Crippen LogP contribution in [0.25, 0.3) is 6.08 Å². The largest absolute Gasteiger partial charge is 0.493 e. The van der Waals surface area contributed by atoms with Crippen molar-refractivity contribution in [3.63, 3.8) is 0 Å². The molecule has 154 valence electrons. The number of carbonyl (C=O) groups is 2. The molecule has 8 heteroatoms. The summed E-state index contributed by atoms with van der Waals surface area (Å²) in [7, 11) is 3.00. The maximum atomic E-state index is 12.7. The van der Waals surface area contributed by atoms with E-state index < -0.39 is 11.8 Å². The normalized spacial score (nSPS) is 16.3. The second-order valence-corrected chi connectivity index (χ2v) is 6.44. The number of amides is 2. The Morgan fingerprint density at radius 1 is 1.21 bits per heavy atom. The van der Waals surface area contributed by atoms with Crippen LogP contribution in [0.3, 0.4) is 0 Å². The predicted molar refractivity (Wildman–Crippen MR) is 106 cm³/mol. The van der Waals surface area contributed by atoms with E-state index in [1.165, 1.54) is 26.6 Å². The Balaban J connectivity index is 1.75. The molecule has 1 atom stereocenters. The van der Waals surface area contributed by atoms with Crippen LogP contribution in [0.15, 0.2) is 46.7 Å². The van der Waals surface area contributed by atoms with Crippen molar-refractivity contribution in [1.29, 1.82) is 0 Å². The minimum absolute atomic E-state index is 0.00892. The first-order valence-electron chi connectivity index (χ1n) is 9.29. The Bertz CT molecular complexity index is 869. The summed E-state index contributed by atoms with van der Waals surface area (Å²) in [5.41, 5.74) is 0.387. The van der Waals surface area contributed by atoms with Gasteiger partial charge in [-0.1, -0.05) is 0 Å². The third kappa shape index (κ3) is 5.39. The summed E-state index contributed by atoms with van der Waals surface area (Å²) in [6.45, 7) is 1.08. The van der Waals surface area contributed by atoms with E-state index >= 15 is 0 Å². The summed E-state index contributed by atoms with van der Waals surface area (Å²) in [5, 5.41) is 5.45. The van der Waals surface area contributed by atoms with Gasteiger partial charge in [-0.05, 0) is 43.2 Å². The number of hydrogen-bond acceptors (Lipinski definition) is 6. The Labute approximate surface area is 168 Å².